The first-order valence-corrected chi connectivity index (χ1v) is 19.9. The van der Waals surface area contributed by atoms with Crippen molar-refractivity contribution in [2.45, 2.75) is 126 Å². The van der Waals surface area contributed by atoms with E-state index in [0.29, 0.717) is 71.5 Å². The van der Waals surface area contributed by atoms with E-state index in [-0.39, 0.29) is 54.8 Å². The number of aromatic nitrogens is 3. The van der Waals surface area contributed by atoms with Crippen molar-refractivity contribution < 1.29 is 44.6 Å². The van der Waals surface area contributed by atoms with Gasteiger partial charge in [0.15, 0.2) is 5.82 Å². The molecule has 0 amide bonds. The Morgan fingerprint density at radius 3 is 2.47 bits per heavy atom. The number of anilines is 1. The van der Waals surface area contributed by atoms with Gasteiger partial charge in [-0.25, -0.2) is 13.8 Å². The summed E-state index contributed by atoms with van der Waals surface area (Å²) in [5.41, 5.74) is -4.38. The maximum Gasteiger partial charge on any atom is 0.426 e. The van der Waals surface area contributed by atoms with Gasteiger partial charge in [-0.3, -0.25) is 4.90 Å². The second-order valence-corrected chi connectivity index (χ2v) is 16.2. The third-order valence-corrected chi connectivity index (χ3v) is 12.6. The van der Waals surface area contributed by atoms with Crippen molar-refractivity contribution in [1.29, 1.82) is 0 Å². The molecule has 0 radical (unpaired) electrons. The number of fused-ring (bicyclic) bond motifs is 2. The van der Waals surface area contributed by atoms with Gasteiger partial charge in [-0.05, 0) is 89.1 Å². The summed E-state index contributed by atoms with van der Waals surface area (Å²) < 4.78 is 125. The fourth-order valence-electron chi connectivity index (χ4n) is 9.13. The summed E-state index contributed by atoms with van der Waals surface area (Å²) in [6.07, 6.45) is 1.28. The highest BCUT2D eigenvalue weighted by atomic mass is 19.4. The number of halogens is 8. The van der Waals surface area contributed by atoms with Crippen LogP contribution >= 0.6 is 0 Å². The standard InChI is InChI=1S/C42H44F8N6O2/c1-4-26-28(43)16-13-23-9-6-10-27(32(23)26)35-34(44)36-33-31(52-35)12-7-11-30(29(5-2)51-24-14-15-24)53-37(33)55-38(54-36)57-22-40-18-8-20-56(40)25(17-19-40)21-58-39(3,41(45,46)47)42(48,49)50/h1,6,9-10,13,16,24-25,29-30,51H,5,7-8,11-12,14-15,17-22H2,2-3H3,(H,53,54,55)/t25-,29-,30+,40-/m0/s1. The van der Waals surface area contributed by atoms with Crippen LogP contribution in [-0.2, 0) is 11.2 Å². The van der Waals surface area contributed by atoms with Gasteiger partial charge >= 0.3 is 18.4 Å². The minimum absolute atomic E-state index is 0.0113. The summed E-state index contributed by atoms with van der Waals surface area (Å²) in [5.74, 6) is 1.33. The second-order valence-electron chi connectivity index (χ2n) is 16.2. The largest absolute Gasteiger partial charge is 0.461 e. The van der Waals surface area contributed by atoms with Crippen LogP contribution in [0.3, 0.4) is 0 Å². The number of aryl methyl sites for hydroxylation is 1. The fraction of sp³-hybridized carbons (Fsp3) is 0.548. The minimum Gasteiger partial charge on any atom is -0.461 e. The highest BCUT2D eigenvalue weighted by Gasteiger charge is 2.69. The summed E-state index contributed by atoms with van der Waals surface area (Å²) in [6.45, 7) is 1.70. The molecule has 5 heterocycles. The van der Waals surface area contributed by atoms with Gasteiger partial charge in [0, 0.05) is 35.1 Å². The molecular weight excluding hydrogens is 772 g/mol. The minimum atomic E-state index is -5.67. The molecule has 58 heavy (non-hydrogen) atoms. The van der Waals surface area contributed by atoms with E-state index in [1.165, 1.54) is 6.07 Å². The van der Waals surface area contributed by atoms with Crippen LogP contribution in [0.15, 0.2) is 30.3 Å². The smallest absolute Gasteiger partial charge is 0.426 e. The van der Waals surface area contributed by atoms with E-state index in [1.807, 2.05) is 4.90 Å². The SMILES string of the molecule is C#Cc1c(F)ccc2cccc(-c3nc4c5c(nc(OC[C@@]67CCCN6[C@H](COC(C)(C(F)(F)F)C(F)(F)F)CC7)nc5c3F)N[C@@H]([C@H](CC)NC3CC3)CCC4)c12. The van der Waals surface area contributed by atoms with Gasteiger partial charge in [-0.1, -0.05) is 37.1 Å². The predicted molar refractivity (Wildman–Crippen MR) is 202 cm³/mol. The van der Waals surface area contributed by atoms with Gasteiger partial charge < -0.3 is 20.1 Å². The summed E-state index contributed by atoms with van der Waals surface area (Å²) in [7, 11) is 0. The summed E-state index contributed by atoms with van der Waals surface area (Å²) >= 11 is 0. The zero-order valence-electron chi connectivity index (χ0n) is 32.1. The Labute approximate surface area is 330 Å². The monoisotopic (exact) mass is 816 g/mol. The van der Waals surface area contributed by atoms with Gasteiger partial charge in [0.05, 0.1) is 28.8 Å². The van der Waals surface area contributed by atoms with E-state index in [1.54, 1.807) is 24.3 Å². The van der Waals surface area contributed by atoms with E-state index in [0.717, 1.165) is 32.1 Å². The van der Waals surface area contributed by atoms with E-state index < -0.39 is 47.8 Å². The van der Waals surface area contributed by atoms with Crippen molar-refractivity contribution in [3.63, 3.8) is 0 Å². The molecule has 2 aromatic heterocycles. The molecule has 0 bridgehead atoms. The molecule has 4 aromatic rings. The predicted octanol–water partition coefficient (Wildman–Crippen LogP) is 9.03. The lowest BCUT2D eigenvalue weighted by Crippen LogP contribution is -2.58. The molecule has 310 valence electrons. The van der Waals surface area contributed by atoms with E-state index >= 15 is 8.78 Å². The molecule has 3 fully saturated rings. The lowest BCUT2D eigenvalue weighted by atomic mass is 9.93. The van der Waals surface area contributed by atoms with Gasteiger partial charge in [0.1, 0.15) is 29.5 Å². The van der Waals surface area contributed by atoms with Crippen LogP contribution in [0.4, 0.5) is 40.9 Å². The topological polar surface area (TPSA) is 84.4 Å². The zero-order valence-corrected chi connectivity index (χ0v) is 32.1. The number of nitrogens with one attached hydrogen (secondary N) is 2. The Bertz CT molecular complexity index is 2240. The number of alkyl halides is 6. The molecule has 16 heteroatoms. The van der Waals surface area contributed by atoms with Crippen LogP contribution < -0.4 is 15.4 Å². The molecule has 8 nitrogen and oxygen atoms in total. The van der Waals surface area contributed by atoms with Crippen LogP contribution in [0.5, 0.6) is 6.01 Å². The van der Waals surface area contributed by atoms with Crippen molar-refractivity contribution in [2.75, 3.05) is 25.1 Å². The average molecular weight is 817 g/mol. The first-order chi connectivity index (χ1) is 27.6. The molecule has 4 atom stereocenters. The summed E-state index contributed by atoms with van der Waals surface area (Å²) in [4.78, 5) is 16.1. The molecule has 1 saturated carbocycles. The molecule has 0 unspecified atom stereocenters. The Kier molecular flexibility index (Phi) is 10.5. The van der Waals surface area contributed by atoms with Crippen LogP contribution in [0.1, 0.15) is 82.9 Å². The molecule has 2 saturated heterocycles. The lowest BCUT2D eigenvalue weighted by molar-refractivity contribution is -0.375. The normalized spacial score (nSPS) is 23.3. The quantitative estimate of drug-likeness (QED) is 0.115. The Hall–Kier alpha value is -4.33. The van der Waals surface area contributed by atoms with Gasteiger partial charge in [0.2, 0.25) is 0 Å². The number of rotatable bonds is 11. The highest BCUT2D eigenvalue weighted by molar-refractivity contribution is 6.02. The Balaban J connectivity index is 1.16. The molecule has 0 spiro atoms. The zero-order chi connectivity index (χ0) is 41.2. The highest BCUT2D eigenvalue weighted by Crippen LogP contribution is 2.48. The summed E-state index contributed by atoms with van der Waals surface area (Å²) in [5, 5.41) is 8.62. The first-order valence-electron chi connectivity index (χ1n) is 19.9. The van der Waals surface area contributed by atoms with E-state index in [9.17, 15) is 26.3 Å². The van der Waals surface area contributed by atoms with Crippen molar-refractivity contribution in [2.24, 2.45) is 0 Å². The second kappa shape index (κ2) is 15.0. The summed E-state index contributed by atoms with van der Waals surface area (Å²) in [6, 6.07) is 7.51. The maximum absolute atomic E-state index is 17.2. The molecule has 8 rings (SSSR count). The third-order valence-electron chi connectivity index (χ3n) is 12.6. The molecule has 4 aliphatic rings. The Morgan fingerprint density at radius 1 is 0.983 bits per heavy atom. The van der Waals surface area contributed by atoms with Gasteiger partial charge in [-0.2, -0.15) is 36.3 Å². The van der Waals surface area contributed by atoms with Crippen molar-refractivity contribution in [1.82, 2.24) is 25.2 Å². The molecule has 1 aliphatic carbocycles. The number of nitrogens with zero attached hydrogens (tertiary/aromatic N) is 4. The first kappa shape index (κ1) is 40.4. The number of hydrogen-bond donors (Lipinski definition) is 2. The van der Waals surface area contributed by atoms with Crippen molar-refractivity contribution in [3.8, 4) is 29.6 Å². The van der Waals surface area contributed by atoms with Crippen LogP contribution in [0.2, 0.25) is 0 Å². The molecule has 3 aliphatic heterocycles. The number of terminal acetylenes is 1. The number of ether oxygens (including phenoxy) is 2. The van der Waals surface area contributed by atoms with E-state index in [4.69, 9.17) is 25.9 Å². The van der Waals surface area contributed by atoms with Crippen LogP contribution in [0, 0.1) is 24.0 Å². The molecule has 2 aromatic carbocycles. The maximum atomic E-state index is 17.2. The van der Waals surface area contributed by atoms with Gasteiger partial charge in [-0.15, -0.1) is 6.42 Å². The van der Waals surface area contributed by atoms with E-state index in [2.05, 4.69) is 28.5 Å². The average Bonchev–Trinajstić information content (AvgIpc) is 3.80. The van der Waals surface area contributed by atoms with Crippen LogP contribution in [-0.4, -0.2) is 87.3 Å². The number of hydrogen-bond acceptors (Lipinski definition) is 8. The van der Waals surface area contributed by atoms with Gasteiger partial charge in [0.25, 0.3) is 5.60 Å². The van der Waals surface area contributed by atoms with Crippen LogP contribution in [0.25, 0.3) is 32.9 Å². The van der Waals surface area contributed by atoms with Crippen molar-refractivity contribution in [3.05, 3.63) is 53.2 Å². The van der Waals surface area contributed by atoms with Crippen molar-refractivity contribution >= 4 is 27.5 Å². The Morgan fingerprint density at radius 2 is 1.76 bits per heavy atom. The molecular formula is C42H44F8N6O2. The fourth-order valence-corrected chi connectivity index (χ4v) is 9.13. The lowest BCUT2D eigenvalue weighted by Gasteiger charge is -2.37. The number of pyridine rings is 1. The third kappa shape index (κ3) is 7.10. The molecule has 2 N–H and O–H groups in total. The number of benzene rings is 2.